The number of imidazole rings is 1. The van der Waals surface area contributed by atoms with Crippen LogP contribution in [0.25, 0.3) is 0 Å². The van der Waals surface area contributed by atoms with Crippen molar-refractivity contribution in [3.63, 3.8) is 0 Å². The minimum atomic E-state index is -0.522. The SMILES string of the molecule is CN(CCc1c[nH]c(=S)n1[C@H]1COc2ccc(O)cc2C1)C(=O)OC(C)(C)C. The van der Waals surface area contributed by atoms with Crippen molar-refractivity contribution < 1.29 is 19.4 Å². The minimum Gasteiger partial charge on any atom is -0.508 e. The molecule has 2 heterocycles. The molecular formula is C20H27N3O4S. The Kier molecular flexibility index (Phi) is 5.69. The lowest BCUT2D eigenvalue weighted by Gasteiger charge is -2.28. The maximum atomic E-state index is 12.2. The number of benzene rings is 1. The molecule has 0 unspecified atom stereocenters. The zero-order valence-electron chi connectivity index (χ0n) is 16.7. The molecule has 0 saturated carbocycles. The fraction of sp³-hybridized carbons (Fsp3) is 0.500. The van der Waals surface area contributed by atoms with E-state index in [4.69, 9.17) is 21.7 Å². The van der Waals surface area contributed by atoms with E-state index in [1.165, 1.54) is 0 Å². The third-order valence-electron chi connectivity index (χ3n) is 4.59. The molecule has 8 heteroatoms. The standard InChI is InChI=1S/C20H27N3O4S/c1-20(2,3)27-19(25)22(4)8-7-14-11-21-18(28)23(14)15-9-13-10-16(24)5-6-17(13)26-12-15/h5-6,10-11,15,24H,7-9,12H2,1-4H3,(H,21,28)/t15-/m1/s1. The van der Waals surface area contributed by atoms with E-state index in [0.29, 0.717) is 30.8 Å². The molecule has 0 bridgehead atoms. The Morgan fingerprint density at radius 3 is 2.93 bits per heavy atom. The van der Waals surface area contributed by atoms with Crippen LogP contribution in [0.1, 0.15) is 38.1 Å². The van der Waals surface area contributed by atoms with Gasteiger partial charge in [-0.05, 0) is 56.8 Å². The molecule has 1 amide bonds. The zero-order chi connectivity index (χ0) is 20.5. The molecule has 0 spiro atoms. The molecule has 1 aromatic carbocycles. The summed E-state index contributed by atoms with van der Waals surface area (Å²) in [6, 6.07) is 5.16. The van der Waals surface area contributed by atoms with Crippen LogP contribution in [0.4, 0.5) is 4.79 Å². The number of carbonyl (C=O) groups is 1. The predicted molar refractivity (Wildman–Crippen MR) is 109 cm³/mol. The number of phenols is 1. The highest BCUT2D eigenvalue weighted by atomic mass is 32.1. The molecule has 1 aliphatic rings. The van der Waals surface area contributed by atoms with Gasteiger partial charge in [0.05, 0.1) is 6.04 Å². The normalized spacial score (nSPS) is 16.2. The second kappa shape index (κ2) is 7.87. The quantitative estimate of drug-likeness (QED) is 0.756. The first-order chi connectivity index (χ1) is 13.1. The second-order valence-corrected chi connectivity index (χ2v) is 8.45. The molecule has 0 radical (unpaired) electrons. The lowest BCUT2D eigenvalue weighted by Crippen LogP contribution is -2.35. The number of aromatic nitrogens is 2. The van der Waals surface area contributed by atoms with E-state index in [-0.39, 0.29) is 17.9 Å². The van der Waals surface area contributed by atoms with Crippen molar-refractivity contribution in [3.8, 4) is 11.5 Å². The number of aromatic hydroxyl groups is 1. The number of phenolic OH excluding ortho intramolecular Hbond substituents is 1. The van der Waals surface area contributed by atoms with E-state index in [1.54, 1.807) is 30.1 Å². The van der Waals surface area contributed by atoms with Crippen molar-refractivity contribution in [2.75, 3.05) is 20.2 Å². The van der Waals surface area contributed by atoms with Gasteiger partial charge in [-0.3, -0.25) is 0 Å². The van der Waals surface area contributed by atoms with E-state index in [2.05, 4.69) is 4.98 Å². The Morgan fingerprint density at radius 1 is 1.46 bits per heavy atom. The summed E-state index contributed by atoms with van der Waals surface area (Å²) in [6.07, 6.45) is 2.87. The molecular weight excluding hydrogens is 378 g/mol. The molecule has 0 fully saturated rings. The number of aromatic amines is 1. The van der Waals surface area contributed by atoms with Crippen LogP contribution >= 0.6 is 12.2 Å². The Morgan fingerprint density at radius 2 is 2.21 bits per heavy atom. The lowest BCUT2D eigenvalue weighted by atomic mass is 10.0. The van der Waals surface area contributed by atoms with Crippen LogP contribution < -0.4 is 4.74 Å². The van der Waals surface area contributed by atoms with Crippen molar-refractivity contribution >= 4 is 18.3 Å². The average molecular weight is 406 g/mol. The molecule has 2 aromatic rings. The highest BCUT2D eigenvalue weighted by Crippen LogP contribution is 2.32. The third kappa shape index (κ3) is 4.67. The number of carbonyl (C=O) groups excluding carboxylic acids is 1. The zero-order valence-corrected chi connectivity index (χ0v) is 17.5. The molecule has 0 aliphatic carbocycles. The first kappa shape index (κ1) is 20.3. The Hall–Kier alpha value is -2.48. The number of hydrogen-bond donors (Lipinski definition) is 2. The number of nitrogens with one attached hydrogen (secondary N) is 1. The van der Waals surface area contributed by atoms with Crippen LogP contribution in [-0.4, -0.2) is 51.5 Å². The van der Waals surface area contributed by atoms with Gasteiger partial charge in [-0.1, -0.05) is 0 Å². The van der Waals surface area contributed by atoms with Gasteiger partial charge in [0.1, 0.15) is 23.7 Å². The third-order valence-corrected chi connectivity index (χ3v) is 4.91. The summed E-state index contributed by atoms with van der Waals surface area (Å²) in [5.74, 6) is 1.02. The number of amides is 1. The largest absolute Gasteiger partial charge is 0.508 e. The van der Waals surface area contributed by atoms with Crippen LogP contribution in [0, 0.1) is 4.77 Å². The summed E-state index contributed by atoms with van der Waals surface area (Å²) >= 11 is 5.48. The number of rotatable bonds is 4. The van der Waals surface area contributed by atoms with Crippen molar-refractivity contribution in [2.45, 2.75) is 45.3 Å². The fourth-order valence-corrected chi connectivity index (χ4v) is 3.58. The van der Waals surface area contributed by atoms with Crippen LogP contribution in [0.15, 0.2) is 24.4 Å². The van der Waals surface area contributed by atoms with Gasteiger partial charge in [0.2, 0.25) is 0 Å². The lowest BCUT2D eigenvalue weighted by molar-refractivity contribution is 0.0300. The van der Waals surface area contributed by atoms with Gasteiger partial charge in [0, 0.05) is 38.3 Å². The first-order valence-corrected chi connectivity index (χ1v) is 9.72. The first-order valence-electron chi connectivity index (χ1n) is 9.31. The number of ether oxygens (including phenoxy) is 2. The number of hydrogen-bond acceptors (Lipinski definition) is 5. The number of fused-ring (bicyclic) bond motifs is 1. The molecule has 0 saturated heterocycles. The van der Waals surface area contributed by atoms with Crippen LogP contribution in [0.2, 0.25) is 0 Å². The Labute approximate surface area is 169 Å². The Bertz CT molecular complexity index is 913. The van der Waals surface area contributed by atoms with Crippen molar-refractivity contribution in [3.05, 3.63) is 40.4 Å². The summed E-state index contributed by atoms with van der Waals surface area (Å²) < 4.78 is 13.9. The van der Waals surface area contributed by atoms with Gasteiger partial charge in [-0.2, -0.15) is 0 Å². The van der Waals surface area contributed by atoms with Gasteiger partial charge >= 0.3 is 6.09 Å². The topological polar surface area (TPSA) is 79.7 Å². The maximum Gasteiger partial charge on any atom is 0.410 e. The van der Waals surface area contributed by atoms with Gasteiger partial charge in [0.15, 0.2) is 4.77 Å². The molecule has 3 rings (SSSR count). The number of likely N-dealkylation sites (N-methyl/N-ethyl adjacent to an activating group) is 1. The molecule has 7 nitrogen and oxygen atoms in total. The summed E-state index contributed by atoms with van der Waals surface area (Å²) in [6.45, 7) is 6.55. The van der Waals surface area contributed by atoms with E-state index >= 15 is 0 Å². The second-order valence-electron chi connectivity index (χ2n) is 8.07. The van der Waals surface area contributed by atoms with Gasteiger partial charge in [-0.25, -0.2) is 4.79 Å². The average Bonchev–Trinajstić information content (AvgIpc) is 2.98. The monoisotopic (exact) mass is 405 g/mol. The molecule has 2 N–H and O–H groups in total. The molecule has 1 aromatic heterocycles. The summed E-state index contributed by atoms with van der Waals surface area (Å²) in [4.78, 5) is 16.8. The van der Waals surface area contributed by atoms with Crippen molar-refractivity contribution in [1.29, 1.82) is 0 Å². The fourth-order valence-electron chi connectivity index (χ4n) is 3.25. The summed E-state index contributed by atoms with van der Waals surface area (Å²) in [5, 5.41) is 9.75. The molecule has 28 heavy (non-hydrogen) atoms. The molecule has 1 atom stereocenters. The van der Waals surface area contributed by atoms with Crippen molar-refractivity contribution in [2.24, 2.45) is 0 Å². The summed E-state index contributed by atoms with van der Waals surface area (Å²) in [5.41, 5.74) is 1.43. The minimum absolute atomic E-state index is 0.0230. The van der Waals surface area contributed by atoms with Crippen LogP contribution in [-0.2, 0) is 17.6 Å². The van der Waals surface area contributed by atoms with E-state index < -0.39 is 5.60 Å². The highest BCUT2D eigenvalue weighted by Gasteiger charge is 2.25. The number of H-pyrrole nitrogens is 1. The van der Waals surface area contributed by atoms with Gasteiger partial charge in [0.25, 0.3) is 0 Å². The predicted octanol–water partition coefficient (Wildman–Crippen LogP) is 3.84. The molecule has 152 valence electrons. The van der Waals surface area contributed by atoms with E-state index in [1.807, 2.05) is 31.5 Å². The van der Waals surface area contributed by atoms with E-state index in [0.717, 1.165) is 17.0 Å². The smallest absolute Gasteiger partial charge is 0.410 e. The van der Waals surface area contributed by atoms with Crippen LogP contribution in [0.3, 0.4) is 0 Å². The van der Waals surface area contributed by atoms with Gasteiger partial charge in [-0.15, -0.1) is 0 Å². The van der Waals surface area contributed by atoms with Crippen LogP contribution in [0.5, 0.6) is 11.5 Å². The van der Waals surface area contributed by atoms with Crippen molar-refractivity contribution in [1.82, 2.24) is 14.5 Å². The maximum absolute atomic E-state index is 12.2. The number of nitrogens with zero attached hydrogens (tertiary/aromatic N) is 2. The Balaban J connectivity index is 1.71. The van der Waals surface area contributed by atoms with Gasteiger partial charge < -0.3 is 29.0 Å². The highest BCUT2D eigenvalue weighted by molar-refractivity contribution is 7.71. The molecule has 1 aliphatic heterocycles. The summed E-state index contributed by atoms with van der Waals surface area (Å²) in [7, 11) is 1.72. The van der Waals surface area contributed by atoms with E-state index in [9.17, 15) is 9.90 Å².